The van der Waals surface area contributed by atoms with Crippen molar-refractivity contribution in [2.45, 2.75) is 18.8 Å². The number of benzene rings is 3. The van der Waals surface area contributed by atoms with Crippen LogP contribution in [0.3, 0.4) is 0 Å². The predicted molar refractivity (Wildman–Crippen MR) is 121 cm³/mol. The molecule has 5 nitrogen and oxygen atoms in total. The van der Waals surface area contributed by atoms with Crippen molar-refractivity contribution < 1.29 is 27.8 Å². The third kappa shape index (κ3) is 6.73. The maximum atomic E-state index is 13.1. The van der Waals surface area contributed by atoms with Crippen LogP contribution in [0.1, 0.15) is 15.9 Å². The van der Waals surface area contributed by atoms with Gasteiger partial charge in [-0.2, -0.15) is 13.2 Å². The first kappa shape index (κ1) is 24.1. The number of hydrogen-bond acceptors (Lipinski definition) is 4. The summed E-state index contributed by atoms with van der Waals surface area (Å²) >= 11 is 0. The van der Waals surface area contributed by atoms with Gasteiger partial charge in [-0.25, -0.2) is 0 Å². The van der Waals surface area contributed by atoms with Crippen molar-refractivity contribution in [3.8, 4) is 11.5 Å². The molecule has 0 aliphatic heterocycles. The lowest BCUT2D eigenvalue weighted by Gasteiger charge is -2.29. The van der Waals surface area contributed by atoms with Crippen LogP contribution in [0.4, 0.5) is 18.9 Å². The van der Waals surface area contributed by atoms with Gasteiger partial charge in [0.25, 0.3) is 5.91 Å². The smallest absolute Gasteiger partial charge is 0.416 e. The molecule has 1 unspecified atom stereocenters. The molecule has 0 heterocycles. The molecule has 3 aromatic rings. The Labute approximate surface area is 190 Å². The van der Waals surface area contributed by atoms with Gasteiger partial charge in [0.15, 0.2) is 6.10 Å². The maximum Gasteiger partial charge on any atom is 0.416 e. The Hall–Kier alpha value is -3.52. The fraction of sp³-hybridized carbons (Fsp3) is 0.240. The Morgan fingerprint density at radius 3 is 2.27 bits per heavy atom. The number of hydrogen-bond donors (Lipinski definition) is 1. The molecule has 0 aromatic heterocycles. The van der Waals surface area contributed by atoms with Gasteiger partial charge in [0.2, 0.25) is 0 Å². The van der Waals surface area contributed by atoms with Crippen molar-refractivity contribution in [2.75, 3.05) is 25.5 Å². The summed E-state index contributed by atoms with van der Waals surface area (Å²) in [6, 6.07) is 22.3. The highest BCUT2D eigenvalue weighted by Gasteiger charge is 2.39. The topological polar surface area (TPSA) is 53.0 Å². The second-order valence-corrected chi connectivity index (χ2v) is 7.75. The number of anilines is 1. The molecule has 174 valence electrons. The third-order valence-corrected chi connectivity index (χ3v) is 4.89. The summed E-state index contributed by atoms with van der Waals surface area (Å²) in [5.41, 5.74) is 1.50. The molecule has 1 N–H and O–H groups in total. The van der Waals surface area contributed by atoms with Gasteiger partial charge in [0, 0.05) is 38.0 Å². The second kappa shape index (κ2) is 10.4. The number of para-hydroxylation sites is 1. The monoisotopic (exact) mass is 458 g/mol. The summed E-state index contributed by atoms with van der Waals surface area (Å²) in [5.74, 6) is 0.824. The Morgan fingerprint density at radius 1 is 0.939 bits per heavy atom. The number of nitrogens with zero attached hydrogens (tertiary/aromatic N) is 2. The molecule has 3 rings (SSSR count). The van der Waals surface area contributed by atoms with Crippen molar-refractivity contribution in [1.29, 1.82) is 0 Å². The van der Waals surface area contributed by atoms with Crippen LogP contribution in [-0.2, 0) is 6.54 Å². The van der Waals surface area contributed by atoms with Gasteiger partial charge in [-0.3, -0.25) is 4.79 Å². The van der Waals surface area contributed by atoms with Crippen LogP contribution in [0.25, 0.3) is 0 Å². The SMILES string of the molecule is CN(C)C(=O)c1cccc(CN(CC(O)C(F)(F)F)c2cccc(Oc3ccccc3)c2)c1. The first-order valence-electron chi connectivity index (χ1n) is 10.3. The summed E-state index contributed by atoms with van der Waals surface area (Å²) in [6.45, 7) is -0.624. The minimum absolute atomic E-state index is 0.0521. The lowest BCUT2D eigenvalue weighted by Crippen LogP contribution is -2.40. The Bertz CT molecular complexity index is 1070. The number of ether oxygens (including phenoxy) is 1. The number of aliphatic hydroxyl groups excluding tert-OH is 1. The molecule has 1 atom stereocenters. The van der Waals surface area contributed by atoms with Crippen molar-refractivity contribution in [3.05, 3.63) is 90.0 Å². The number of rotatable bonds is 8. The third-order valence-electron chi connectivity index (χ3n) is 4.89. The Kier molecular flexibility index (Phi) is 7.60. The van der Waals surface area contributed by atoms with Gasteiger partial charge in [-0.1, -0.05) is 36.4 Å². The minimum atomic E-state index is -4.76. The number of aliphatic hydroxyl groups is 1. The number of carbonyl (C=O) groups excluding carboxylic acids is 1. The first-order valence-corrected chi connectivity index (χ1v) is 10.3. The Balaban J connectivity index is 1.90. The van der Waals surface area contributed by atoms with E-state index in [4.69, 9.17) is 4.74 Å². The van der Waals surface area contributed by atoms with E-state index in [-0.39, 0.29) is 12.5 Å². The number of alkyl halides is 3. The van der Waals surface area contributed by atoms with Crippen LogP contribution < -0.4 is 9.64 Å². The first-order chi connectivity index (χ1) is 15.6. The lowest BCUT2D eigenvalue weighted by atomic mass is 10.1. The van der Waals surface area contributed by atoms with Crippen LogP contribution in [0.5, 0.6) is 11.5 Å². The van der Waals surface area contributed by atoms with Crippen LogP contribution in [0, 0.1) is 0 Å². The highest BCUT2D eigenvalue weighted by Crippen LogP contribution is 2.29. The molecule has 1 amide bonds. The Morgan fingerprint density at radius 2 is 1.61 bits per heavy atom. The zero-order chi connectivity index (χ0) is 24.0. The molecule has 0 spiro atoms. The van der Waals surface area contributed by atoms with Gasteiger partial charge in [-0.15, -0.1) is 0 Å². The van der Waals surface area contributed by atoms with Crippen LogP contribution in [0.15, 0.2) is 78.9 Å². The number of carbonyl (C=O) groups is 1. The van der Waals surface area contributed by atoms with Gasteiger partial charge in [-0.05, 0) is 42.0 Å². The van der Waals surface area contributed by atoms with E-state index in [1.54, 1.807) is 74.8 Å². The molecule has 0 saturated carbocycles. The fourth-order valence-electron chi connectivity index (χ4n) is 3.22. The predicted octanol–water partition coefficient (Wildman–Crippen LogP) is 5.11. The van der Waals surface area contributed by atoms with E-state index in [9.17, 15) is 23.1 Å². The number of amides is 1. The van der Waals surface area contributed by atoms with Gasteiger partial charge in [0.05, 0.1) is 6.54 Å². The molecule has 0 saturated heterocycles. The van der Waals surface area contributed by atoms with E-state index in [0.29, 0.717) is 28.3 Å². The zero-order valence-electron chi connectivity index (χ0n) is 18.3. The van der Waals surface area contributed by atoms with Crippen molar-refractivity contribution >= 4 is 11.6 Å². The van der Waals surface area contributed by atoms with Crippen molar-refractivity contribution in [3.63, 3.8) is 0 Å². The minimum Gasteiger partial charge on any atom is -0.457 e. The molecule has 0 bridgehead atoms. The largest absolute Gasteiger partial charge is 0.457 e. The molecule has 0 aliphatic carbocycles. The standard InChI is InChI=1S/C25H25F3N2O3/c1-29(2)24(32)19-9-6-8-18(14-19)16-30(17-23(31)25(26,27)28)20-10-7-13-22(15-20)33-21-11-4-3-5-12-21/h3-15,23,31H,16-17H2,1-2H3. The van der Waals surface area contributed by atoms with Gasteiger partial charge >= 0.3 is 6.18 Å². The van der Waals surface area contributed by atoms with Crippen molar-refractivity contribution in [1.82, 2.24) is 4.90 Å². The average Bonchev–Trinajstić information content (AvgIpc) is 2.78. The quantitative estimate of drug-likeness (QED) is 0.510. The summed E-state index contributed by atoms with van der Waals surface area (Å²) in [6.07, 6.45) is -7.30. The molecular formula is C25H25F3N2O3. The summed E-state index contributed by atoms with van der Waals surface area (Å²) < 4.78 is 45.2. The van der Waals surface area contributed by atoms with E-state index < -0.39 is 18.8 Å². The molecule has 0 fully saturated rings. The molecular weight excluding hydrogens is 433 g/mol. The van der Waals surface area contributed by atoms with E-state index in [0.717, 1.165) is 0 Å². The van der Waals surface area contributed by atoms with Crippen molar-refractivity contribution in [2.24, 2.45) is 0 Å². The lowest BCUT2D eigenvalue weighted by molar-refractivity contribution is -0.200. The highest BCUT2D eigenvalue weighted by atomic mass is 19.4. The number of halogens is 3. The van der Waals surface area contributed by atoms with E-state index in [1.165, 1.54) is 9.80 Å². The average molecular weight is 458 g/mol. The summed E-state index contributed by atoms with van der Waals surface area (Å²) in [4.78, 5) is 15.1. The fourth-order valence-corrected chi connectivity index (χ4v) is 3.22. The zero-order valence-corrected chi connectivity index (χ0v) is 18.3. The van der Waals surface area contributed by atoms with E-state index in [2.05, 4.69) is 0 Å². The van der Waals surface area contributed by atoms with Crippen LogP contribution >= 0.6 is 0 Å². The van der Waals surface area contributed by atoms with Crippen LogP contribution in [-0.4, -0.2) is 48.8 Å². The molecule has 3 aromatic carbocycles. The highest BCUT2D eigenvalue weighted by molar-refractivity contribution is 5.94. The summed E-state index contributed by atoms with van der Waals surface area (Å²) in [5, 5.41) is 9.76. The van der Waals surface area contributed by atoms with E-state index in [1.807, 2.05) is 18.2 Å². The summed E-state index contributed by atoms with van der Waals surface area (Å²) in [7, 11) is 3.25. The molecule has 0 aliphatic rings. The second-order valence-electron chi connectivity index (χ2n) is 7.75. The normalized spacial score (nSPS) is 12.2. The van der Waals surface area contributed by atoms with Gasteiger partial charge < -0.3 is 19.6 Å². The molecule has 8 heteroatoms. The maximum absolute atomic E-state index is 13.1. The molecule has 33 heavy (non-hydrogen) atoms. The molecule has 0 radical (unpaired) electrons. The van der Waals surface area contributed by atoms with Crippen LogP contribution in [0.2, 0.25) is 0 Å². The van der Waals surface area contributed by atoms with E-state index >= 15 is 0 Å². The van der Waals surface area contributed by atoms with Gasteiger partial charge in [0.1, 0.15) is 11.5 Å².